The summed E-state index contributed by atoms with van der Waals surface area (Å²) in [6, 6.07) is 10.5. The van der Waals surface area contributed by atoms with Gasteiger partial charge in [0, 0.05) is 29.0 Å². The van der Waals surface area contributed by atoms with E-state index in [0.717, 1.165) is 5.56 Å². The van der Waals surface area contributed by atoms with Crippen molar-refractivity contribution in [2.75, 3.05) is 31.0 Å². The normalized spacial score (nSPS) is 16.4. The molecule has 3 rings (SSSR count). The maximum atomic E-state index is 12.7. The summed E-state index contributed by atoms with van der Waals surface area (Å²) in [7, 11) is 3.06. The third kappa shape index (κ3) is 3.85. The number of halogens is 1. The number of hydrogen-bond donors (Lipinski definition) is 1. The zero-order valence-corrected chi connectivity index (χ0v) is 16.2. The number of methoxy groups -OCH3 is 2. The van der Waals surface area contributed by atoms with Crippen molar-refractivity contribution in [1.29, 1.82) is 0 Å². The average molecular weight is 389 g/mol. The number of carbonyl (C=O) groups is 2. The van der Waals surface area contributed by atoms with Crippen LogP contribution in [0.15, 0.2) is 36.4 Å². The van der Waals surface area contributed by atoms with Gasteiger partial charge in [0.1, 0.15) is 5.92 Å². The minimum Gasteiger partial charge on any atom is -0.493 e. The number of amides is 2. The summed E-state index contributed by atoms with van der Waals surface area (Å²) in [5.41, 5.74) is 2.19. The van der Waals surface area contributed by atoms with E-state index in [-0.39, 0.29) is 11.8 Å². The van der Waals surface area contributed by atoms with Gasteiger partial charge in [-0.2, -0.15) is 0 Å². The van der Waals surface area contributed by atoms with E-state index in [2.05, 4.69) is 5.32 Å². The minimum absolute atomic E-state index is 0.229. The lowest BCUT2D eigenvalue weighted by atomic mass is 10.1. The molecule has 6 nitrogen and oxygen atoms in total. The maximum absolute atomic E-state index is 12.7. The Morgan fingerprint density at radius 2 is 1.89 bits per heavy atom. The molecule has 0 aromatic heterocycles. The monoisotopic (exact) mass is 388 g/mol. The fourth-order valence-electron chi connectivity index (χ4n) is 3.07. The Morgan fingerprint density at radius 1 is 1.15 bits per heavy atom. The molecule has 1 saturated heterocycles. The highest BCUT2D eigenvalue weighted by molar-refractivity contribution is 6.31. The van der Waals surface area contributed by atoms with Crippen molar-refractivity contribution >= 4 is 34.8 Å². The first kappa shape index (κ1) is 19.0. The molecule has 2 amide bonds. The van der Waals surface area contributed by atoms with E-state index in [9.17, 15) is 9.59 Å². The summed E-state index contributed by atoms with van der Waals surface area (Å²) in [4.78, 5) is 27.0. The number of nitrogens with zero attached hydrogens (tertiary/aromatic N) is 1. The number of aryl methyl sites for hydroxylation is 1. The molecule has 0 radical (unpaired) electrons. The molecule has 0 aliphatic carbocycles. The van der Waals surface area contributed by atoms with Crippen LogP contribution in [0, 0.1) is 12.8 Å². The summed E-state index contributed by atoms with van der Waals surface area (Å²) in [5.74, 6) is -0.238. The predicted molar refractivity (Wildman–Crippen MR) is 105 cm³/mol. The molecular weight excluding hydrogens is 368 g/mol. The van der Waals surface area contributed by atoms with Gasteiger partial charge in [0.25, 0.3) is 0 Å². The molecule has 0 bridgehead atoms. The summed E-state index contributed by atoms with van der Waals surface area (Å²) in [6.07, 6.45) is 0.448. The summed E-state index contributed by atoms with van der Waals surface area (Å²) in [5, 5.41) is 3.38. The van der Waals surface area contributed by atoms with Crippen LogP contribution in [-0.4, -0.2) is 32.6 Å². The first-order chi connectivity index (χ1) is 12.9. The van der Waals surface area contributed by atoms with Gasteiger partial charge in [0.15, 0.2) is 11.5 Å². The van der Waals surface area contributed by atoms with E-state index in [1.165, 1.54) is 7.11 Å². The Morgan fingerprint density at radius 3 is 2.56 bits per heavy atom. The molecule has 7 heteroatoms. The Labute approximate surface area is 163 Å². The summed E-state index contributed by atoms with van der Waals surface area (Å²) >= 11 is 6.16. The van der Waals surface area contributed by atoms with Gasteiger partial charge in [0.2, 0.25) is 11.8 Å². The fraction of sp³-hybridized carbons (Fsp3) is 0.300. The molecule has 2 aromatic rings. The largest absolute Gasteiger partial charge is 0.493 e. The number of nitrogens with one attached hydrogen (secondary N) is 1. The third-order valence-electron chi connectivity index (χ3n) is 4.64. The van der Waals surface area contributed by atoms with E-state index in [1.54, 1.807) is 36.3 Å². The quantitative estimate of drug-likeness (QED) is 0.794. The molecule has 1 unspecified atom stereocenters. The Kier molecular flexibility index (Phi) is 5.56. The number of anilines is 2. The fourth-order valence-corrected chi connectivity index (χ4v) is 3.25. The van der Waals surface area contributed by atoms with Gasteiger partial charge in [-0.1, -0.05) is 17.7 Å². The van der Waals surface area contributed by atoms with Crippen LogP contribution < -0.4 is 19.7 Å². The molecule has 27 heavy (non-hydrogen) atoms. The second-order valence-corrected chi connectivity index (χ2v) is 6.73. The van der Waals surface area contributed by atoms with E-state index in [1.807, 2.05) is 19.1 Å². The third-order valence-corrected chi connectivity index (χ3v) is 5.05. The SMILES string of the molecule is COc1ccc(NC(=O)C2CCN(c3ccc(C)c(Cl)c3)C2=O)cc1OC. The Bertz CT molecular complexity index is 884. The molecule has 1 heterocycles. The van der Waals surface area contributed by atoms with E-state index in [0.29, 0.717) is 40.9 Å². The molecule has 1 aliphatic heterocycles. The molecule has 1 atom stereocenters. The molecule has 2 aromatic carbocycles. The number of carbonyl (C=O) groups excluding carboxylic acids is 2. The highest BCUT2D eigenvalue weighted by atomic mass is 35.5. The van der Waals surface area contributed by atoms with Crippen LogP contribution in [0.25, 0.3) is 0 Å². The number of benzene rings is 2. The van der Waals surface area contributed by atoms with Gasteiger partial charge < -0.3 is 19.7 Å². The van der Waals surface area contributed by atoms with Crippen molar-refractivity contribution in [3.05, 3.63) is 47.0 Å². The number of rotatable bonds is 5. The molecule has 1 aliphatic rings. The van der Waals surface area contributed by atoms with E-state index < -0.39 is 5.92 Å². The smallest absolute Gasteiger partial charge is 0.239 e. The van der Waals surface area contributed by atoms with Crippen LogP contribution in [0.5, 0.6) is 11.5 Å². The Balaban J connectivity index is 1.73. The van der Waals surface area contributed by atoms with E-state index >= 15 is 0 Å². The van der Waals surface area contributed by atoms with Crippen LogP contribution in [0.3, 0.4) is 0 Å². The summed E-state index contributed by atoms with van der Waals surface area (Å²) < 4.78 is 10.4. The average Bonchev–Trinajstić information content (AvgIpc) is 3.05. The lowest BCUT2D eigenvalue weighted by molar-refractivity contribution is -0.129. The lowest BCUT2D eigenvalue weighted by Gasteiger charge is -2.18. The summed E-state index contributed by atoms with van der Waals surface area (Å²) in [6.45, 7) is 2.37. The second-order valence-electron chi connectivity index (χ2n) is 6.32. The van der Waals surface area contributed by atoms with Crippen LogP contribution in [0.2, 0.25) is 5.02 Å². The highest BCUT2D eigenvalue weighted by Crippen LogP contribution is 2.32. The number of hydrogen-bond acceptors (Lipinski definition) is 4. The highest BCUT2D eigenvalue weighted by Gasteiger charge is 2.37. The van der Waals surface area contributed by atoms with Crippen molar-refractivity contribution in [3.8, 4) is 11.5 Å². The topological polar surface area (TPSA) is 67.9 Å². The van der Waals surface area contributed by atoms with Crippen molar-refractivity contribution in [3.63, 3.8) is 0 Å². The van der Waals surface area contributed by atoms with Gasteiger partial charge >= 0.3 is 0 Å². The van der Waals surface area contributed by atoms with Crippen LogP contribution in [0.1, 0.15) is 12.0 Å². The predicted octanol–water partition coefficient (Wildman–Crippen LogP) is 3.66. The van der Waals surface area contributed by atoms with Gasteiger partial charge in [0.05, 0.1) is 14.2 Å². The molecule has 1 N–H and O–H groups in total. The molecule has 0 saturated carbocycles. The van der Waals surface area contributed by atoms with Crippen molar-refractivity contribution in [2.45, 2.75) is 13.3 Å². The van der Waals surface area contributed by atoms with Crippen molar-refractivity contribution < 1.29 is 19.1 Å². The molecule has 0 spiro atoms. The molecular formula is C20H21ClN2O4. The van der Waals surface area contributed by atoms with Gasteiger partial charge in [-0.3, -0.25) is 9.59 Å². The van der Waals surface area contributed by atoms with Crippen molar-refractivity contribution in [1.82, 2.24) is 0 Å². The second kappa shape index (κ2) is 7.88. The molecule has 142 valence electrons. The maximum Gasteiger partial charge on any atom is 0.239 e. The molecule has 1 fully saturated rings. The van der Waals surface area contributed by atoms with Crippen LogP contribution >= 0.6 is 11.6 Å². The van der Waals surface area contributed by atoms with Crippen LogP contribution in [-0.2, 0) is 9.59 Å². The first-order valence-corrected chi connectivity index (χ1v) is 8.93. The van der Waals surface area contributed by atoms with Gasteiger partial charge in [-0.25, -0.2) is 0 Å². The van der Waals surface area contributed by atoms with Crippen LogP contribution in [0.4, 0.5) is 11.4 Å². The Hall–Kier alpha value is -2.73. The zero-order valence-electron chi connectivity index (χ0n) is 15.4. The zero-order chi connectivity index (χ0) is 19.6. The number of ether oxygens (including phenoxy) is 2. The van der Waals surface area contributed by atoms with E-state index in [4.69, 9.17) is 21.1 Å². The van der Waals surface area contributed by atoms with Gasteiger partial charge in [-0.05, 0) is 43.2 Å². The minimum atomic E-state index is -0.738. The first-order valence-electron chi connectivity index (χ1n) is 8.55. The standard InChI is InChI=1S/C20H21ClN2O4/c1-12-4-6-14(11-16(12)21)23-9-8-15(20(23)25)19(24)22-13-5-7-17(26-2)18(10-13)27-3/h4-7,10-11,15H,8-9H2,1-3H3,(H,22,24). The lowest BCUT2D eigenvalue weighted by Crippen LogP contribution is -2.33. The van der Waals surface area contributed by atoms with Gasteiger partial charge in [-0.15, -0.1) is 0 Å². The van der Waals surface area contributed by atoms with Crippen molar-refractivity contribution in [2.24, 2.45) is 5.92 Å².